The van der Waals surface area contributed by atoms with Crippen LogP contribution in [0.25, 0.3) is 0 Å². The molecule has 1 nitrogen and oxygen atoms in total. The Morgan fingerprint density at radius 3 is 1.83 bits per heavy atom. The van der Waals surface area contributed by atoms with Crippen molar-refractivity contribution in [3.8, 4) is 0 Å². The van der Waals surface area contributed by atoms with Crippen molar-refractivity contribution in [1.82, 2.24) is 0 Å². The van der Waals surface area contributed by atoms with Crippen LogP contribution < -0.4 is 4.90 Å². The van der Waals surface area contributed by atoms with Crippen molar-refractivity contribution in [3.63, 3.8) is 0 Å². The normalized spacial score (nSPS) is 9.00. The molecule has 0 aromatic heterocycles. The van der Waals surface area contributed by atoms with E-state index in [0.717, 1.165) is 0 Å². The van der Waals surface area contributed by atoms with Crippen molar-refractivity contribution in [3.05, 3.63) is 29.3 Å². The van der Waals surface area contributed by atoms with E-state index in [4.69, 9.17) is 0 Å². The van der Waals surface area contributed by atoms with Gasteiger partial charge in [0.1, 0.15) is 0 Å². The largest absolute Gasteiger partial charge is 1.00 e. The molecule has 2 heteroatoms. The fourth-order valence-corrected chi connectivity index (χ4v) is 1.13. The van der Waals surface area contributed by atoms with Crippen molar-refractivity contribution >= 4 is 5.69 Å². The van der Waals surface area contributed by atoms with Gasteiger partial charge in [-0.3, -0.25) is 0 Å². The molecule has 1 aromatic carbocycles. The SMILES string of the molecule is Cc1[c-]c(C)cc(N(C)C)c1.[Au+]. The van der Waals surface area contributed by atoms with Crippen LogP contribution in [-0.4, -0.2) is 14.1 Å². The zero-order chi connectivity index (χ0) is 8.43. The molecule has 0 aliphatic rings. The predicted octanol–water partition coefficient (Wildman–Crippen LogP) is 2.17. The summed E-state index contributed by atoms with van der Waals surface area (Å²) in [5, 5.41) is 0. The van der Waals surface area contributed by atoms with Gasteiger partial charge in [0.25, 0.3) is 0 Å². The maximum atomic E-state index is 3.24. The molecule has 0 amide bonds. The molecule has 0 N–H and O–H groups in total. The van der Waals surface area contributed by atoms with E-state index in [2.05, 4.69) is 36.9 Å². The van der Waals surface area contributed by atoms with Crippen LogP contribution >= 0.6 is 0 Å². The van der Waals surface area contributed by atoms with Crippen LogP contribution in [0.5, 0.6) is 0 Å². The van der Waals surface area contributed by atoms with Gasteiger partial charge in [-0.15, -0.1) is 12.1 Å². The number of benzene rings is 1. The third-order valence-corrected chi connectivity index (χ3v) is 1.64. The number of aryl methyl sites for hydroxylation is 2. The molecule has 12 heavy (non-hydrogen) atoms. The summed E-state index contributed by atoms with van der Waals surface area (Å²) in [6.45, 7) is 4.14. The van der Waals surface area contributed by atoms with E-state index in [1.165, 1.54) is 16.8 Å². The second-order valence-electron chi connectivity index (χ2n) is 3.10. The molecule has 0 saturated carbocycles. The van der Waals surface area contributed by atoms with E-state index in [9.17, 15) is 0 Å². The standard InChI is InChI=1S/C10H14N.Au/c1-8-5-9(2)7-10(6-8)11(3)4;/h6-7H,1-4H3;/q-1;+1. The van der Waals surface area contributed by atoms with Gasteiger partial charge < -0.3 is 4.90 Å². The first-order chi connectivity index (χ1) is 5.09. The Morgan fingerprint density at radius 1 is 1.08 bits per heavy atom. The quantitative estimate of drug-likeness (QED) is 0.557. The van der Waals surface area contributed by atoms with E-state index >= 15 is 0 Å². The molecule has 1 aromatic rings. The molecule has 0 saturated heterocycles. The number of rotatable bonds is 1. The third-order valence-electron chi connectivity index (χ3n) is 1.64. The van der Waals surface area contributed by atoms with Gasteiger partial charge in [0, 0.05) is 14.1 Å². The fraction of sp³-hybridized carbons (Fsp3) is 0.400. The predicted molar refractivity (Wildman–Crippen MR) is 49.1 cm³/mol. The Kier molecular flexibility index (Phi) is 4.61. The van der Waals surface area contributed by atoms with Gasteiger partial charge in [-0.2, -0.15) is 17.2 Å². The average molecular weight is 345 g/mol. The van der Waals surface area contributed by atoms with Crippen LogP contribution in [0.1, 0.15) is 11.1 Å². The summed E-state index contributed by atoms with van der Waals surface area (Å²) in [6, 6.07) is 7.50. The summed E-state index contributed by atoms with van der Waals surface area (Å²) in [5.41, 5.74) is 3.65. The van der Waals surface area contributed by atoms with Gasteiger partial charge in [-0.25, -0.2) is 0 Å². The smallest absolute Gasteiger partial charge is 0.399 e. The zero-order valence-corrected chi connectivity index (χ0v) is 10.1. The number of anilines is 1. The van der Waals surface area contributed by atoms with E-state index in [-0.39, 0.29) is 22.4 Å². The van der Waals surface area contributed by atoms with Crippen molar-refractivity contribution in [2.45, 2.75) is 13.8 Å². The fourth-order valence-electron chi connectivity index (χ4n) is 1.13. The van der Waals surface area contributed by atoms with Gasteiger partial charge in [-0.05, 0) is 0 Å². The summed E-state index contributed by atoms with van der Waals surface area (Å²) >= 11 is 0. The molecule has 0 aliphatic carbocycles. The molecule has 0 bridgehead atoms. The Hall–Kier alpha value is -0.240. The first-order valence-corrected chi connectivity index (χ1v) is 3.77. The Balaban J connectivity index is 0.00000121. The molecular weight excluding hydrogens is 331 g/mol. The molecule has 1 rings (SSSR count). The molecular formula is C10H14AuN. The van der Waals surface area contributed by atoms with Gasteiger partial charge >= 0.3 is 22.4 Å². The van der Waals surface area contributed by atoms with Crippen LogP contribution in [0.4, 0.5) is 5.69 Å². The molecule has 0 radical (unpaired) electrons. The maximum absolute atomic E-state index is 3.24. The molecule has 0 unspecified atom stereocenters. The minimum Gasteiger partial charge on any atom is -0.399 e. The van der Waals surface area contributed by atoms with Gasteiger partial charge in [0.05, 0.1) is 0 Å². The summed E-state index contributed by atoms with van der Waals surface area (Å²) in [4.78, 5) is 2.10. The Labute approximate surface area is 90.3 Å². The third kappa shape index (κ3) is 3.02. The van der Waals surface area contributed by atoms with Crippen LogP contribution in [0.3, 0.4) is 0 Å². The zero-order valence-electron chi connectivity index (χ0n) is 7.90. The minimum atomic E-state index is 0. The first kappa shape index (κ1) is 11.8. The molecule has 0 spiro atoms. The maximum Gasteiger partial charge on any atom is 1.00 e. The second-order valence-corrected chi connectivity index (χ2v) is 3.10. The van der Waals surface area contributed by atoms with Crippen molar-refractivity contribution < 1.29 is 22.4 Å². The summed E-state index contributed by atoms with van der Waals surface area (Å²) in [5.74, 6) is 0. The van der Waals surface area contributed by atoms with Gasteiger partial charge in [0.15, 0.2) is 0 Å². The number of nitrogens with zero attached hydrogens (tertiary/aromatic N) is 1. The summed E-state index contributed by atoms with van der Waals surface area (Å²) < 4.78 is 0. The second kappa shape index (κ2) is 4.70. The Morgan fingerprint density at radius 2 is 1.50 bits per heavy atom. The summed E-state index contributed by atoms with van der Waals surface area (Å²) in [7, 11) is 4.10. The number of hydrogen-bond acceptors (Lipinski definition) is 1. The molecule has 0 atom stereocenters. The number of hydrogen-bond donors (Lipinski definition) is 0. The first-order valence-electron chi connectivity index (χ1n) is 3.77. The molecule has 0 aliphatic heterocycles. The Bertz CT molecular complexity index is 236. The van der Waals surface area contributed by atoms with Crippen LogP contribution in [-0.2, 0) is 22.4 Å². The summed E-state index contributed by atoms with van der Waals surface area (Å²) in [6.07, 6.45) is 0. The molecule has 70 valence electrons. The van der Waals surface area contributed by atoms with Crippen molar-refractivity contribution in [2.24, 2.45) is 0 Å². The van der Waals surface area contributed by atoms with Crippen LogP contribution in [0.2, 0.25) is 0 Å². The van der Waals surface area contributed by atoms with Gasteiger partial charge in [0.2, 0.25) is 0 Å². The van der Waals surface area contributed by atoms with Crippen molar-refractivity contribution in [2.75, 3.05) is 19.0 Å². The van der Waals surface area contributed by atoms with Crippen molar-refractivity contribution in [1.29, 1.82) is 0 Å². The minimum absolute atomic E-state index is 0. The van der Waals surface area contributed by atoms with E-state index in [1.807, 2.05) is 14.1 Å². The average Bonchev–Trinajstić information content (AvgIpc) is 1.85. The topological polar surface area (TPSA) is 3.24 Å². The van der Waals surface area contributed by atoms with E-state index in [0.29, 0.717) is 0 Å². The van der Waals surface area contributed by atoms with Gasteiger partial charge in [-0.1, -0.05) is 19.5 Å². The monoisotopic (exact) mass is 345 g/mol. The molecule has 0 heterocycles. The van der Waals surface area contributed by atoms with Crippen LogP contribution in [0, 0.1) is 19.9 Å². The van der Waals surface area contributed by atoms with Crippen LogP contribution in [0.15, 0.2) is 12.1 Å². The van der Waals surface area contributed by atoms with E-state index < -0.39 is 0 Å². The molecule has 0 fully saturated rings. The van der Waals surface area contributed by atoms with E-state index in [1.54, 1.807) is 0 Å².